The average Bonchev–Trinajstić information content (AvgIpc) is 2.00. The van der Waals surface area contributed by atoms with Crippen LogP contribution in [0.2, 0.25) is 5.02 Å². The van der Waals surface area contributed by atoms with Gasteiger partial charge in [-0.3, -0.25) is 10.1 Å². The van der Waals surface area contributed by atoms with Crippen LogP contribution in [0, 0.1) is 17.0 Å². The molecule has 82 valence electrons. The van der Waals surface area contributed by atoms with Crippen molar-refractivity contribution < 1.29 is 13.3 Å². The summed E-state index contributed by atoms with van der Waals surface area (Å²) in [5.74, 6) is 0. The van der Waals surface area contributed by atoms with Crippen LogP contribution in [-0.4, -0.2) is 13.3 Å². The number of rotatable bonds is 2. The molecule has 1 rings (SSSR count). The molecule has 0 aliphatic heterocycles. The molecule has 5 nitrogen and oxygen atoms in total. The molecule has 1 aromatic carbocycles. The Morgan fingerprint density at radius 2 is 1.93 bits per heavy atom. The number of nitro groups is 1. The summed E-state index contributed by atoms with van der Waals surface area (Å²) in [6.45, 7) is 1.45. The highest BCUT2D eigenvalue weighted by atomic mass is 35.7. The topological polar surface area (TPSA) is 77.3 Å². The highest BCUT2D eigenvalue weighted by Crippen LogP contribution is 2.31. The van der Waals surface area contributed by atoms with Crippen molar-refractivity contribution in [3.05, 3.63) is 32.8 Å². The predicted molar refractivity (Wildman–Crippen MR) is 55.9 cm³/mol. The Labute approximate surface area is 95.2 Å². The molecular formula is C7H5Cl2NO4S. The first kappa shape index (κ1) is 12.2. The molecule has 0 bridgehead atoms. The van der Waals surface area contributed by atoms with Crippen molar-refractivity contribution >= 4 is 37.0 Å². The smallest absolute Gasteiger partial charge is 0.258 e. The second kappa shape index (κ2) is 3.96. The van der Waals surface area contributed by atoms with Gasteiger partial charge in [0.25, 0.3) is 14.7 Å². The molecule has 15 heavy (non-hydrogen) atoms. The van der Waals surface area contributed by atoms with Crippen molar-refractivity contribution in [1.82, 2.24) is 0 Å². The van der Waals surface area contributed by atoms with Crippen molar-refractivity contribution in [3.63, 3.8) is 0 Å². The minimum absolute atomic E-state index is 0.124. The number of aryl methyl sites for hydroxylation is 1. The van der Waals surface area contributed by atoms with Gasteiger partial charge in [0, 0.05) is 16.7 Å². The molecule has 0 spiro atoms. The molecule has 0 unspecified atom stereocenters. The fourth-order valence-corrected chi connectivity index (χ4v) is 2.53. The minimum atomic E-state index is -4.00. The summed E-state index contributed by atoms with van der Waals surface area (Å²) in [4.78, 5) is 9.42. The maximum atomic E-state index is 11.0. The van der Waals surface area contributed by atoms with Gasteiger partial charge < -0.3 is 0 Å². The molecule has 0 saturated carbocycles. The Balaban J connectivity index is 3.58. The quantitative estimate of drug-likeness (QED) is 0.470. The third-order valence-electron chi connectivity index (χ3n) is 1.70. The normalized spacial score (nSPS) is 11.4. The maximum Gasteiger partial charge on any atom is 0.289 e. The zero-order valence-electron chi connectivity index (χ0n) is 7.40. The van der Waals surface area contributed by atoms with Crippen LogP contribution in [0.25, 0.3) is 0 Å². The molecule has 0 radical (unpaired) electrons. The number of hydrogen-bond donors (Lipinski definition) is 0. The fraction of sp³-hybridized carbons (Fsp3) is 0.143. The summed E-state index contributed by atoms with van der Waals surface area (Å²) in [5.41, 5.74) is -0.220. The van der Waals surface area contributed by atoms with Gasteiger partial charge in [-0.05, 0) is 18.6 Å². The van der Waals surface area contributed by atoms with E-state index in [4.69, 9.17) is 22.3 Å². The van der Waals surface area contributed by atoms with Gasteiger partial charge >= 0.3 is 0 Å². The molecule has 0 amide bonds. The Morgan fingerprint density at radius 3 is 2.33 bits per heavy atom. The third-order valence-corrected chi connectivity index (χ3v) is 3.47. The van der Waals surface area contributed by atoms with Crippen molar-refractivity contribution in [1.29, 1.82) is 0 Å². The van der Waals surface area contributed by atoms with E-state index in [1.54, 1.807) is 0 Å². The lowest BCUT2D eigenvalue weighted by molar-refractivity contribution is -0.384. The maximum absolute atomic E-state index is 11.0. The second-order valence-electron chi connectivity index (χ2n) is 2.76. The summed E-state index contributed by atoms with van der Waals surface area (Å²) in [5, 5.41) is 10.4. The van der Waals surface area contributed by atoms with E-state index in [1.807, 2.05) is 0 Å². The summed E-state index contributed by atoms with van der Waals surface area (Å²) in [7, 11) is 1.10. The van der Waals surface area contributed by atoms with E-state index >= 15 is 0 Å². The summed E-state index contributed by atoms with van der Waals surface area (Å²) in [6.07, 6.45) is 0. The lowest BCUT2D eigenvalue weighted by Gasteiger charge is -2.02. The highest BCUT2D eigenvalue weighted by Gasteiger charge is 2.21. The van der Waals surface area contributed by atoms with Gasteiger partial charge in [0.05, 0.1) is 9.82 Å². The van der Waals surface area contributed by atoms with Crippen LogP contribution in [0.4, 0.5) is 5.69 Å². The van der Waals surface area contributed by atoms with Crippen LogP contribution in [0.15, 0.2) is 17.0 Å². The Hall–Kier alpha value is -0.850. The first-order chi connectivity index (χ1) is 6.73. The monoisotopic (exact) mass is 269 g/mol. The van der Waals surface area contributed by atoms with Crippen LogP contribution in [0.3, 0.4) is 0 Å². The Bertz CT molecular complexity index is 526. The van der Waals surface area contributed by atoms with Crippen molar-refractivity contribution in [2.45, 2.75) is 11.8 Å². The zero-order valence-corrected chi connectivity index (χ0v) is 9.73. The van der Waals surface area contributed by atoms with Crippen LogP contribution >= 0.6 is 22.3 Å². The Kier molecular flexibility index (Phi) is 3.22. The fourth-order valence-electron chi connectivity index (χ4n) is 1.04. The average molecular weight is 270 g/mol. The first-order valence-corrected chi connectivity index (χ1v) is 6.31. The molecule has 0 atom stereocenters. The molecule has 0 aliphatic rings. The number of benzene rings is 1. The van der Waals surface area contributed by atoms with Crippen LogP contribution in [0.1, 0.15) is 5.56 Å². The van der Waals surface area contributed by atoms with Crippen molar-refractivity contribution in [2.75, 3.05) is 0 Å². The lowest BCUT2D eigenvalue weighted by Crippen LogP contribution is -1.98. The third kappa shape index (κ3) is 2.58. The molecule has 0 fully saturated rings. The predicted octanol–water partition coefficient (Wildman–Crippen LogP) is 2.48. The van der Waals surface area contributed by atoms with Crippen LogP contribution < -0.4 is 0 Å². The van der Waals surface area contributed by atoms with E-state index in [0.717, 1.165) is 6.07 Å². The molecular weight excluding hydrogens is 265 g/mol. The highest BCUT2D eigenvalue weighted by molar-refractivity contribution is 8.13. The van der Waals surface area contributed by atoms with Gasteiger partial charge in [-0.2, -0.15) is 0 Å². The van der Waals surface area contributed by atoms with Crippen molar-refractivity contribution in [2.24, 2.45) is 0 Å². The van der Waals surface area contributed by atoms with Gasteiger partial charge in [0.2, 0.25) is 0 Å². The van der Waals surface area contributed by atoms with Gasteiger partial charge in [-0.15, -0.1) is 0 Å². The minimum Gasteiger partial charge on any atom is -0.258 e. The number of hydrogen-bond acceptors (Lipinski definition) is 4. The Morgan fingerprint density at radius 1 is 1.40 bits per heavy atom. The number of nitrogens with zero attached hydrogens (tertiary/aromatic N) is 1. The van der Waals surface area contributed by atoms with E-state index in [-0.39, 0.29) is 15.5 Å². The summed E-state index contributed by atoms with van der Waals surface area (Å²) >= 11 is 5.57. The van der Waals surface area contributed by atoms with Gasteiger partial charge in [-0.25, -0.2) is 8.42 Å². The number of halogens is 2. The summed E-state index contributed by atoms with van der Waals surface area (Å²) < 4.78 is 22.1. The summed E-state index contributed by atoms with van der Waals surface area (Å²) in [6, 6.07) is 2.04. The molecule has 0 aromatic heterocycles. The van der Waals surface area contributed by atoms with E-state index < -0.39 is 19.7 Å². The molecule has 0 saturated heterocycles. The molecule has 0 heterocycles. The van der Waals surface area contributed by atoms with Gasteiger partial charge in [-0.1, -0.05) is 11.6 Å². The first-order valence-electron chi connectivity index (χ1n) is 3.62. The SMILES string of the molecule is Cc1cc(Cl)c([N+](=O)[O-])cc1S(=O)(=O)Cl. The van der Waals surface area contributed by atoms with Crippen LogP contribution in [-0.2, 0) is 9.05 Å². The standard InChI is InChI=1S/C7H5Cl2NO4S/c1-4-2-5(8)6(10(11)12)3-7(4)15(9,13)14/h2-3H,1H3. The van der Waals surface area contributed by atoms with E-state index in [9.17, 15) is 18.5 Å². The van der Waals surface area contributed by atoms with Gasteiger partial charge in [0.15, 0.2) is 0 Å². The van der Waals surface area contributed by atoms with E-state index in [0.29, 0.717) is 0 Å². The van der Waals surface area contributed by atoms with Crippen molar-refractivity contribution in [3.8, 4) is 0 Å². The number of nitro benzene ring substituents is 1. The van der Waals surface area contributed by atoms with Crippen LogP contribution in [0.5, 0.6) is 0 Å². The second-order valence-corrected chi connectivity index (χ2v) is 5.71. The van der Waals surface area contributed by atoms with Gasteiger partial charge in [0.1, 0.15) is 5.02 Å². The lowest BCUT2D eigenvalue weighted by atomic mass is 10.2. The largest absolute Gasteiger partial charge is 0.289 e. The molecule has 0 N–H and O–H groups in total. The van der Waals surface area contributed by atoms with E-state index in [1.165, 1.54) is 13.0 Å². The van der Waals surface area contributed by atoms with E-state index in [2.05, 4.69) is 0 Å². The zero-order chi connectivity index (χ0) is 11.8. The molecule has 8 heteroatoms. The molecule has 1 aromatic rings. The molecule has 0 aliphatic carbocycles.